The van der Waals surface area contributed by atoms with Crippen molar-refractivity contribution in [1.82, 2.24) is 15.3 Å². The fourth-order valence-corrected chi connectivity index (χ4v) is 4.33. The zero-order valence-corrected chi connectivity index (χ0v) is 24.3. The lowest BCUT2D eigenvalue weighted by atomic mass is 9.81. The molecule has 1 aliphatic rings. The van der Waals surface area contributed by atoms with Gasteiger partial charge in [0.15, 0.2) is 0 Å². The van der Waals surface area contributed by atoms with Crippen molar-refractivity contribution in [2.24, 2.45) is 0 Å². The number of anilines is 2. The van der Waals surface area contributed by atoms with Crippen LogP contribution in [0.1, 0.15) is 61.8 Å². The van der Waals surface area contributed by atoms with E-state index in [1.807, 2.05) is 25.9 Å². The van der Waals surface area contributed by atoms with Gasteiger partial charge in [0, 0.05) is 37.9 Å². The smallest absolute Gasteiger partial charge is 0.475 e. The summed E-state index contributed by atoms with van der Waals surface area (Å²) in [5.41, 5.74) is -3.92. The highest BCUT2D eigenvalue weighted by Crippen LogP contribution is 2.39. The van der Waals surface area contributed by atoms with Crippen molar-refractivity contribution in [2.75, 3.05) is 24.3 Å². The summed E-state index contributed by atoms with van der Waals surface area (Å²) < 4.78 is 111. The number of benzene rings is 1. The van der Waals surface area contributed by atoms with Crippen LogP contribution in [0.5, 0.6) is 0 Å². The van der Waals surface area contributed by atoms with E-state index in [0.717, 1.165) is 11.4 Å². The SMILES string of the molecule is Cc1cnc(NC2CCC(NC(=O)C(C)(C)c3cc(C(F)(F)F)cc(C(F)(F)F)c3)CC2)nc1N(C)C.O=C(O)C(F)(F)F. The highest BCUT2D eigenvalue weighted by molar-refractivity contribution is 5.87. The van der Waals surface area contributed by atoms with E-state index in [1.54, 1.807) is 6.20 Å². The summed E-state index contributed by atoms with van der Waals surface area (Å²) in [5.74, 6) is -2.10. The molecule has 1 heterocycles. The van der Waals surface area contributed by atoms with E-state index in [0.29, 0.717) is 43.8 Å². The number of aromatic nitrogens is 2. The van der Waals surface area contributed by atoms with Crippen LogP contribution in [0.25, 0.3) is 0 Å². The Kier molecular flexibility index (Phi) is 11.1. The van der Waals surface area contributed by atoms with Crippen LogP contribution in [0.2, 0.25) is 0 Å². The van der Waals surface area contributed by atoms with Crippen molar-refractivity contribution in [3.8, 4) is 0 Å². The predicted octanol–water partition coefficient (Wildman–Crippen LogP) is 6.34. The largest absolute Gasteiger partial charge is 0.490 e. The Morgan fingerprint density at radius 2 is 1.27 bits per heavy atom. The third-order valence-corrected chi connectivity index (χ3v) is 6.88. The lowest BCUT2D eigenvalue weighted by Gasteiger charge is -2.33. The van der Waals surface area contributed by atoms with Gasteiger partial charge >= 0.3 is 24.5 Å². The van der Waals surface area contributed by atoms with Gasteiger partial charge < -0.3 is 20.6 Å². The lowest BCUT2D eigenvalue weighted by molar-refractivity contribution is -0.192. The molecule has 0 radical (unpaired) electrons. The van der Waals surface area contributed by atoms with Gasteiger partial charge in [-0.3, -0.25) is 4.79 Å². The van der Waals surface area contributed by atoms with Gasteiger partial charge in [-0.2, -0.15) is 44.5 Å². The van der Waals surface area contributed by atoms with Crippen molar-refractivity contribution >= 4 is 23.6 Å². The van der Waals surface area contributed by atoms with Crippen molar-refractivity contribution in [3.05, 3.63) is 46.6 Å². The number of halogens is 9. The molecule has 1 aromatic heterocycles. The molecule has 0 atom stereocenters. The Hall–Kier alpha value is -3.79. The van der Waals surface area contributed by atoms with Crippen LogP contribution in [0.4, 0.5) is 51.3 Å². The number of rotatable bonds is 6. The average molecular weight is 646 g/mol. The average Bonchev–Trinajstić information content (AvgIpc) is 2.89. The molecule has 1 fully saturated rings. The number of carbonyl (C=O) groups excluding carboxylic acids is 1. The number of hydrogen-bond acceptors (Lipinski definition) is 6. The molecule has 3 N–H and O–H groups in total. The number of carbonyl (C=O) groups is 2. The molecule has 3 rings (SSSR count). The number of hydrogen-bond donors (Lipinski definition) is 3. The minimum absolute atomic E-state index is 0.0605. The minimum atomic E-state index is -5.08. The third-order valence-electron chi connectivity index (χ3n) is 6.88. The first-order chi connectivity index (χ1) is 19.9. The van der Waals surface area contributed by atoms with Gasteiger partial charge in [-0.05, 0) is 70.2 Å². The Balaban J connectivity index is 0.000000860. The van der Waals surface area contributed by atoms with E-state index in [9.17, 15) is 44.3 Å². The Morgan fingerprint density at radius 3 is 1.68 bits per heavy atom. The Morgan fingerprint density at radius 1 is 0.841 bits per heavy atom. The number of nitrogens with zero attached hydrogens (tertiary/aromatic N) is 3. The van der Waals surface area contributed by atoms with Crippen molar-refractivity contribution in [3.63, 3.8) is 0 Å². The van der Waals surface area contributed by atoms with Gasteiger partial charge in [0.05, 0.1) is 16.5 Å². The zero-order valence-electron chi connectivity index (χ0n) is 24.3. The molecule has 1 saturated carbocycles. The number of alkyl halides is 9. The van der Waals surface area contributed by atoms with Crippen molar-refractivity contribution in [1.29, 1.82) is 0 Å². The van der Waals surface area contributed by atoms with Gasteiger partial charge in [-0.15, -0.1) is 0 Å². The van der Waals surface area contributed by atoms with Gasteiger partial charge in [0.25, 0.3) is 0 Å². The molecule has 0 bridgehead atoms. The first kappa shape index (κ1) is 36.4. The molecule has 2 aromatic rings. The summed E-state index contributed by atoms with van der Waals surface area (Å²) >= 11 is 0. The number of aryl methyl sites for hydroxylation is 1. The molecular formula is C27H32F9N5O3. The molecule has 17 heteroatoms. The van der Waals surface area contributed by atoms with Gasteiger partial charge in [-0.1, -0.05) is 0 Å². The van der Waals surface area contributed by atoms with Gasteiger partial charge in [0.1, 0.15) is 5.82 Å². The third kappa shape index (κ3) is 9.87. The maximum atomic E-state index is 13.3. The van der Waals surface area contributed by atoms with Crippen LogP contribution in [0.3, 0.4) is 0 Å². The maximum absolute atomic E-state index is 13.3. The Labute approximate surface area is 247 Å². The van der Waals surface area contributed by atoms with E-state index in [4.69, 9.17) is 9.90 Å². The highest BCUT2D eigenvalue weighted by Gasteiger charge is 2.41. The highest BCUT2D eigenvalue weighted by atomic mass is 19.4. The quantitative estimate of drug-likeness (QED) is 0.315. The molecule has 0 spiro atoms. The lowest BCUT2D eigenvalue weighted by Crippen LogP contribution is -2.47. The monoisotopic (exact) mass is 645 g/mol. The topological polar surface area (TPSA) is 107 Å². The predicted molar refractivity (Wildman–Crippen MR) is 142 cm³/mol. The Bertz CT molecular complexity index is 1290. The second-order valence-corrected chi connectivity index (χ2v) is 11.0. The molecular weight excluding hydrogens is 613 g/mol. The van der Waals surface area contributed by atoms with Crippen molar-refractivity contribution in [2.45, 2.75) is 82.5 Å². The fourth-order valence-electron chi connectivity index (χ4n) is 4.33. The molecule has 0 saturated heterocycles. The summed E-state index contributed by atoms with van der Waals surface area (Å²) in [4.78, 5) is 32.7. The van der Waals surface area contributed by atoms with Crippen LogP contribution >= 0.6 is 0 Å². The molecule has 0 unspecified atom stereocenters. The minimum Gasteiger partial charge on any atom is -0.475 e. The summed E-state index contributed by atoms with van der Waals surface area (Å²) in [6.45, 7) is 4.56. The molecule has 1 amide bonds. The first-order valence-electron chi connectivity index (χ1n) is 13.1. The van der Waals surface area contributed by atoms with Crippen LogP contribution in [0.15, 0.2) is 24.4 Å². The summed E-state index contributed by atoms with van der Waals surface area (Å²) in [6, 6.07) is 1.09. The molecule has 1 aromatic carbocycles. The number of nitrogens with one attached hydrogen (secondary N) is 2. The fraction of sp³-hybridized carbons (Fsp3) is 0.556. The second-order valence-electron chi connectivity index (χ2n) is 11.0. The number of carboxylic acid groups (broad SMARTS) is 1. The molecule has 0 aliphatic heterocycles. The van der Waals surface area contributed by atoms with Gasteiger partial charge in [0.2, 0.25) is 11.9 Å². The van der Waals surface area contributed by atoms with E-state index < -0.39 is 46.9 Å². The molecule has 246 valence electrons. The summed E-state index contributed by atoms with van der Waals surface area (Å²) in [5, 5.41) is 13.2. The van der Waals surface area contributed by atoms with Crippen LogP contribution < -0.4 is 15.5 Å². The van der Waals surface area contributed by atoms with E-state index >= 15 is 0 Å². The van der Waals surface area contributed by atoms with Crippen LogP contribution in [-0.4, -0.2) is 59.3 Å². The number of amides is 1. The second kappa shape index (κ2) is 13.5. The number of carboxylic acids is 1. The summed E-state index contributed by atoms with van der Waals surface area (Å²) in [6.07, 6.45) is -10.8. The zero-order chi connectivity index (χ0) is 33.8. The number of aliphatic carboxylic acids is 1. The van der Waals surface area contributed by atoms with E-state index in [-0.39, 0.29) is 23.7 Å². The molecule has 1 aliphatic carbocycles. The van der Waals surface area contributed by atoms with Crippen LogP contribution in [-0.2, 0) is 27.4 Å². The van der Waals surface area contributed by atoms with E-state index in [2.05, 4.69) is 20.6 Å². The van der Waals surface area contributed by atoms with E-state index in [1.165, 1.54) is 13.8 Å². The summed E-state index contributed by atoms with van der Waals surface area (Å²) in [7, 11) is 3.77. The first-order valence-corrected chi connectivity index (χ1v) is 13.1. The molecule has 8 nitrogen and oxygen atoms in total. The maximum Gasteiger partial charge on any atom is 0.490 e. The molecule has 44 heavy (non-hydrogen) atoms. The van der Waals surface area contributed by atoms with Crippen molar-refractivity contribution < 1.29 is 54.2 Å². The van der Waals surface area contributed by atoms with Crippen LogP contribution in [0, 0.1) is 6.92 Å². The van der Waals surface area contributed by atoms with Gasteiger partial charge in [-0.25, -0.2) is 9.78 Å². The standard InChI is InChI=1S/C25H31F6N5O.C2HF3O2/c1-14-13-32-22(35-20(14)36(4)5)34-19-8-6-18(7-9-19)33-21(37)23(2,3)15-10-16(24(26,27)28)12-17(11-15)25(29,30)31;3-2(4,5)1(6)7/h10-13,18-19H,6-9H2,1-5H3,(H,33,37)(H,32,34,35);(H,6,7). The normalized spacial score (nSPS) is 17.7.